The zero-order chi connectivity index (χ0) is 24.1. The van der Waals surface area contributed by atoms with Crippen LogP contribution in [0.25, 0.3) is 10.9 Å². The molecule has 1 saturated heterocycles. The highest BCUT2D eigenvalue weighted by Crippen LogP contribution is 2.23. The van der Waals surface area contributed by atoms with E-state index in [0.717, 1.165) is 24.6 Å². The summed E-state index contributed by atoms with van der Waals surface area (Å²) in [7, 11) is -1.94. The van der Waals surface area contributed by atoms with Crippen molar-refractivity contribution in [2.24, 2.45) is 0 Å². The summed E-state index contributed by atoms with van der Waals surface area (Å²) in [5.41, 5.74) is 0.883. The van der Waals surface area contributed by atoms with Crippen molar-refractivity contribution in [2.75, 3.05) is 37.9 Å². The minimum atomic E-state index is -3.50. The van der Waals surface area contributed by atoms with Gasteiger partial charge in [0.05, 0.1) is 34.7 Å². The Morgan fingerprint density at radius 3 is 2.53 bits per heavy atom. The van der Waals surface area contributed by atoms with Gasteiger partial charge in [0.25, 0.3) is 5.56 Å². The van der Waals surface area contributed by atoms with Crippen molar-refractivity contribution in [3.8, 4) is 0 Å². The van der Waals surface area contributed by atoms with Gasteiger partial charge in [0, 0.05) is 25.9 Å². The van der Waals surface area contributed by atoms with Crippen molar-refractivity contribution in [2.45, 2.75) is 29.4 Å². The number of hydrogen-bond donors (Lipinski definition) is 1. The maximum absolute atomic E-state index is 12.9. The van der Waals surface area contributed by atoms with Crippen LogP contribution in [-0.2, 0) is 26.1 Å². The van der Waals surface area contributed by atoms with E-state index in [4.69, 9.17) is 4.74 Å². The van der Waals surface area contributed by atoms with Crippen LogP contribution in [-0.4, -0.2) is 60.7 Å². The lowest BCUT2D eigenvalue weighted by Gasteiger charge is -2.15. The molecule has 1 aliphatic rings. The minimum Gasteiger partial charge on any atom is -0.383 e. The number of nitrogens with zero attached hydrogens (tertiary/aromatic N) is 3. The molecule has 180 valence electrons. The molecule has 4 rings (SSSR count). The second-order valence-corrected chi connectivity index (χ2v) is 10.7. The minimum absolute atomic E-state index is 0.0333. The van der Waals surface area contributed by atoms with Crippen molar-refractivity contribution in [1.82, 2.24) is 13.9 Å². The van der Waals surface area contributed by atoms with Crippen molar-refractivity contribution in [3.63, 3.8) is 0 Å². The maximum atomic E-state index is 12.9. The summed E-state index contributed by atoms with van der Waals surface area (Å²) in [6.07, 6.45) is 1.74. The second-order valence-electron chi connectivity index (χ2n) is 7.83. The lowest BCUT2D eigenvalue weighted by molar-refractivity contribution is -0.113. The van der Waals surface area contributed by atoms with Gasteiger partial charge < -0.3 is 10.1 Å². The van der Waals surface area contributed by atoms with Gasteiger partial charge in [0.2, 0.25) is 15.9 Å². The van der Waals surface area contributed by atoms with E-state index in [1.807, 2.05) is 6.07 Å². The predicted molar refractivity (Wildman–Crippen MR) is 132 cm³/mol. The van der Waals surface area contributed by atoms with E-state index in [-0.39, 0.29) is 22.1 Å². The topological polar surface area (TPSA) is 111 Å². The van der Waals surface area contributed by atoms with Crippen LogP contribution in [0.4, 0.5) is 5.69 Å². The molecule has 0 spiro atoms. The molecule has 0 saturated carbocycles. The molecule has 1 amide bonds. The molecule has 11 heteroatoms. The van der Waals surface area contributed by atoms with Crippen LogP contribution in [0, 0.1) is 0 Å². The number of thioether (sulfide) groups is 1. The number of sulfonamides is 1. The summed E-state index contributed by atoms with van der Waals surface area (Å²) < 4.78 is 33.4. The fraction of sp³-hybridized carbons (Fsp3) is 0.348. The maximum Gasteiger partial charge on any atom is 0.262 e. The van der Waals surface area contributed by atoms with Crippen LogP contribution in [0.2, 0.25) is 0 Å². The first-order valence-corrected chi connectivity index (χ1v) is 13.3. The molecule has 1 aliphatic heterocycles. The number of rotatable bonds is 9. The molecule has 0 aliphatic carbocycles. The average Bonchev–Trinajstić information content (AvgIpc) is 3.39. The fourth-order valence-electron chi connectivity index (χ4n) is 3.75. The Balaban J connectivity index is 1.44. The summed E-state index contributed by atoms with van der Waals surface area (Å²) in [6, 6.07) is 13.2. The van der Waals surface area contributed by atoms with E-state index < -0.39 is 10.0 Å². The third-order valence-corrected chi connectivity index (χ3v) is 8.41. The highest BCUT2D eigenvalue weighted by atomic mass is 32.2. The van der Waals surface area contributed by atoms with Gasteiger partial charge in [-0.25, -0.2) is 13.4 Å². The fourth-order valence-corrected chi connectivity index (χ4v) is 6.09. The SMILES string of the molecule is COCCn1c(SCC(=O)Nc2ccc(S(=O)(=O)N3CCCC3)cc2)nc2ccccc2c1=O. The van der Waals surface area contributed by atoms with Gasteiger partial charge in [-0.15, -0.1) is 0 Å². The first-order valence-electron chi connectivity index (χ1n) is 10.9. The van der Waals surface area contributed by atoms with Crippen molar-refractivity contribution in [1.29, 1.82) is 0 Å². The molecule has 3 aromatic rings. The average molecular weight is 503 g/mol. The van der Waals surface area contributed by atoms with Crippen LogP contribution >= 0.6 is 11.8 Å². The number of aromatic nitrogens is 2. The largest absolute Gasteiger partial charge is 0.383 e. The lowest BCUT2D eigenvalue weighted by atomic mass is 10.2. The Morgan fingerprint density at radius 1 is 1.12 bits per heavy atom. The number of hydrogen-bond acceptors (Lipinski definition) is 7. The van der Waals surface area contributed by atoms with Gasteiger partial charge in [0.15, 0.2) is 5.16 Å². The number of para-hydroxylation sites is 1. The number of ether oxygens (including phenoxy) is 1. The molecule has 0 unspecified atom stereocenters. The van der Waals surface area contributed by atoms with Gasteiger partial charge in [-0.3, -0.25) is 14.2 Å². The zero-order valence-electron chi connectivity index (χ0n) is 18.8. The monoisotopic (exact) mass is 502 g/mol. The summed E-state index contributed by atoms with van der Waals surface area (Å²) in [4.78, 5) is 30.2. The number of anilines is 1. The summed E-state index contributed by atoms with van der Waals surface area (Å²) >= 11 is 1.16. The Labute approximate surface area is 202 Å². The number of benzene rings is 2. The van der Waals surface area contributed by atoms with Crippen LogP contribution in [0.3, 0.4) is 0 Å². The number of fused-ring (bicyclic) bond motifs is 1. The normalized spacial score (nSPS) is 14.5. The van der Waals surface area contributed by atoms with Crippen LogP contribution in [0.1, 0.15) is 12.8 Å². The Morgan fingerprint density at radius 2 is 1.82 bits per heavy atom. The summed E-state index contributed by atoms with van der Waals surface area (Å²) in [5.74, 6) is -0.258. The predicted octanol–water partition coefficient (Wildman–Crippen LogP) is 2.56. The summed E-state index contributed by atoms with van der Waals surface area (Å²) in [5, 5.41) is 3.71. The zero-order valence-corrected chi connectivity index (χ0v) is 20.4. The molecule has 34 heavy (non-hydrogen) atoms. The molecule has 2 heterocycles. The van der Waals surface area contributed by atoms with E-state index in [0.29, 0.717) is 48.0 Å². The van der Waals surface area contributed by atoms with Crippen LogP contribution in [0.5, 0.6) is 0 Å². The third-order valence-electron chi connectivity index (χ3n) is 5.52. The molecule has 0 radical (unpaired) electrons. The molecular formula is C23H26N4O5S2. The van der Waals surface area contributed by atoms with Crippen LogP contribution < -0.4 is 10.9 Å². The molecule has 1 aromatic heterocycles. The molecule has 0 atom stereocenters. The van der Waals surface area contributed by atoms with Gasteiger partial charge in [-0.2, -0.15) is 4.31 Å². The molecule has 9 nitrogen and oxygen atoms in total. The lowest BCUT2D eigenvalue weighted by Crippen LogP contribution is -2.27. The number of carbonyl (C=O) groups is 1. The summed E-state index contributed by atoms with van der Waals surface area (Å²) in [6.45, 7) is 1.74. The van der Waals surface area contributed by atoms with E-state index in [9.17, 15) is 18.0 Å². The smallest absolute Gasteiger partial charge is 0.262 e. The Kier molecular flexibility index (Phi) is 7.67. The number of amides is 1. The van der Waals surface area contributed by atoms with Gasteiger partial charge >= 0.3 is 0 Å². The molecule has 1 fully saturated rings. The highest BCUT2D eigenvalue weighted by molar-refractivity contribution is 7.99. The van der Waals surface area contributed by atoms with Gasteiger partial charge in [-0.05, 0) is 49.2 Å². The number of carbonyl (C=O) groups excluding carboxylic acids is 1. The molecule has 0 bridgehead atoms. The van der Waals surface area contributed by atoms with Gasteiger partial charge in [0.1, 0.15) is 0 Å². The molecule has 2 aromatic carbocycles. The van der Waals surface area contributed by atoms with Crippen molar-refractivity contribution in [3.05, 3.63) is 58.9 Å². The molecular weight excluding hydrogens is 476 g/mol. The second kappa shape index (κ2) is 10.7. The highest BCUT2D eigenvalue weighted by Gasteiger charge is 2.27. The number of methoxy groups -OCH3 is 1. The van der Waals surface area contributed by atoms with E-state index in [2.05, 4.69) is 10.3 Å². The molecule has 1 N–H and O–H groups in total. The quantitative estimate of drug-likeness (QED) is 0.354. The number of nitrogens with one attached hydrogen (secondary N) is 1. The standard InChI is InChI=1S/C23H26N4O5S2/c1-32-15-14-27-22(29)19-6-2-3-7-20(19)25-23(27)33-16-21(28)24-17-8-10-18(11-9-17)34(30,31)26-12-4-5-13-26/h2-3,6-11H,4-5,12-16H2,1H3,(H,24,28). The van der Waals surface area contributed by atoms with E-state index in [1.165, 1.54) is 21.0 Å². The third kappa shape index (κ3) is 5.33. The van der Waals surface area contributed by atoms with E-state index in [1.54, 1.807) is 37.4 Å². The van der Waals surface area contributed by atoms with Crippen molar-refractivity contribution >= 4 is 44.3 Å². The Hall–Kier alpha value is -2.73. The first kappa shape index (κ1) is 24.4. The van der Waals surface area contributed by atoms with Gasteiger partial charge in [-0.1, -0.05) is 23.9 Å². The Bertz CT molecular complexity index is 1330. The van der Waals surface area contributed by atoms with Crippen molar-refractivity contribution < 1.29 is 17.9 Å². The van der Waals surface area contributed by atoms with E-state index >= 15 is 0 Å². The van der Waals surface area contributed by atoms with Crippen LogP contribution in [0.15, 0.2) is 63.4 Å². The first-order chi connectivity index (χ1) is 16.4.